The van der Waals surface area contributed by atoms with Crippen molar-refractivity contribution in [2.45, 2.75) is 25.8 Å². The van der Waals surface area contributed by atoms with Crippen LogP contribution in [0.25, 0.3) is 10.9 Å². The molecule has 0 amide bonds. The molecule has 140 valence electrons. The highest BCUT2D eigenvalue weighted by molar-refractivity contribution is 6.46. The van der Waals surface area contributed by atoms with E-state index in [0.29, 0.717) is 22.3 Å². The SMILES string of the molecule is O=C(O)c1c(N2CCCCC2)c2c(Cl)c(Cl)ccc2n1Cc1ccccc1. The van der Waals surface area contributed by atoms with Gasteiger partial charge in [0.25, 0.3) is 0 Å². The molecule has 2 aromatic carbocycles. The third-order valence-corrected chi connectivity index (χ3v) is 5.96. The maximum absolute atomic E-state index is 12.3. The molecule has 1 aliphatic rings. The number of rotatable bonds is 4. The maximum Gasteiger partial charge on any atom is 0.354 e. The number of piperidine rings is 1. The van der Waals surface area contributed by atoms with Crippen molar-refractivity contribution in [3.63, 3.8) is 0 Å². The first-order valence-corrected chi connectivity index (χ1v) is 9.86. The number of benzene rings is 2. The number of carbonyl (C=O) groups is 1. The van der Waals surface area contributed by atoms with Gasteiger partial charge in [0.2, 0.25) is 0 Å². The van der Waals surface area contributed by atoms with E-state index in [1.807, 2.05) is 41.0 Å². The number of halogens is 2. The summed E-state index contributed by atoms with van der Waals surface area (Å²) in [5.41, 5.74) is 2.81. The first-order valence-electron chi connectivity index (χ1n) is 9.10. The summed E-state index contributed by atoms with van der Waals surface area (Å²) < 4.78 is 1.85. The van der Waals surface area contributed by atoms with Gasteiger partial charge in [-0.05, 0) is 37.0 Å². The zero-order chi connectivity index (χ0) is 19.0. The van der Waals surface area contributed by atoms with E-state index in [-0.39, 0.29) is 5.69 Å². The lowest BCUT2D eigenvalue weighted by atomic mass is 10.1. The first-order chi connectivity index (χ1) is 13.1. The van der Waals surface area contributed by atoms with Crippen molar-refractivity contribution >= 4 is 45.8 Å². The number of anilines is 1. The molecule has 27 heavy (non-hydrogen) atoms. The van der Waals surface area contributed by atoms with E-state index in [2.05, 4.69) is 4.90 Å². The molecule has 0 saturated carbocycles. The van der Waals surface area contributed by atoms with Crippen LogP contribution in [0.1, 0.15) is 35.3 Å². The Balaban J connectivity index is 2.00. The van der Waals surface area contributed by atoms with Crippen molar-refractivity contribution in [1.29, 1.82) is 0 Å². The third kappa shape index (κ3) is 3.28. The quantitative estimate of drug-likeness (QED) is 0.609. The molecule has 1 aliphatic heterocycles. The lowest BCUT2D eigenvalue weighted by molar-refractivity contribution is 0.0687. The average molecular weight is 403 g/mol. The monoisotopic (exact) mass is 402 g/mol. The van der Waals surface area contributed by atoms with Crippen molar-refractivity contribution in [3.05, 3.63) is 63.8 Å². The zero-order valence-corrected chi connectivity index (χ0v) is 16.3. The number of aromatic carboxylic acids is 1. The average Bonchev–Trinajstić information content (AvgIpc) is 3.01. The Hall–Kier alpha value is -2.17. The summed E-state index contributed by atoms with van der Waals surface area (Å²) in [6, 6.07) is 13.5. The molecule has 3 aromatic rings. The Labute approximate surface area is 167 Å². The highest BCUT2D eigenvalue weighted by atomic mass is 35.5. The van der Waals surface area contributed by atoms with Crippen LogP contribution in [0.15, 0.2) is 42.5 Å². The van der Waals surface area contributed by atoms with Crippen LogP contribution in [0, 0.1) is 0 Å². The van der Waals surface area contributed by atoms with E-state index in [0.717, 1.165) is 48.8 Å². The van der Waals surface area contributed by atoms with Gasteiger partial charge in [-0.2, -0.15) is 0 Å². The van der Waals surface area contributed by atoms with Crippen molar-refractivity contribution in [2.24, 2.45) is 0 Å². The molecular formula is C21H20Cl2N2O2. The molecule has 0 bridgehead atoms. The minimum absolute atomic E-state index is 0.278. The smallest absolute Gasteiger partial charge is 0.354 e. The van der Waals surface area contributed by atoms with E-state index in [1.54, 1.807) is 6.07 Å². The Morgan fingerprint density at radius 2 is 1.70 bits per heavy atom. The molecule has 0 radical (unpaired) electrons. The second-order valence-corrected chi connectivity index (χ2v) is 7.66. The summed E-state index contributed by atoms with van der Waals surface area (Å²) in [4.78, 5) is 14.5. The lowest BCUT2D eigenvalue weighted by Gasteiger charge is -2.29. The van der Waals surface area contributed by atoms with Gasteiger partial charge in [0.15, 0.2) is 5.69 Å². The number of carboxylic acids is 1. The van der Waals surface area contributed by atoms with Gasteiger partial charge < -0.3 is 14.6 Å². The van der Waals surface area contributed by atoms with Crippen LogP contribution in [0.5, 0.6) is 0 Å². The normalized spacial score (nSPS) is 14.7. The largest absolute Gasteiger partial charge is 0.477 e. The topological polar surface area (TPSA) is 45.5 Å². The highest BCUT2D eigenvalue weighted by Crippen LogP contribution is 2.42. The molecule has 4 nitrogen and oxygen atoms in total. The maximum atomic E-state index is 12.3. The van der Waals surface area contributed by atoms with Crippen LogP contribution >= 0.6 is 23.2 Å². The Morgan fingerprint density at radius 3 is 2.37 bits per heavy atom. The summed E-state index contributed by atoms with van der Waals surface area (Å²) in [5, 5.41) is 11.7. The summed E-state index contributed by atoms with van der Waals surface area (Å²) in [6.07, 6.45) is 3.25. The molecule has 1 fully saturated rings. The Morgan fingerprint density at radius 1 is 1.00 bits per heavy atom. The molecule has 0 spiro atoms. The number of hydrogen-bond donors (Lipinski definition) is 1. The standard InChI is InChI=1S/C21H20Cl2N2O2/c22-15-9-10-16-17(18(15)23)19(24-11-5-2-6-12-24)20(21(26)27)25(16)13-14-7-3-1-4-8-14/h1,3-4,7-10H,2,5-6,11-13H2,(H,26,27). The molecule has 4 rings (SSSR count). The van der Waals surface area contributed by atoms with Gasteiger partial charge in [-0.3, -0.25) is 0 Å². The number of nitrogens with zero attached hydrogens (tertiary/aromatic N) is 2. The van der Waals surface area contributed by atoms with Crippen LogP contribution in [0.2, 0.25) is 10.0 Å². The minimum atomic E-state index is -0.949. The van der Waals surface area contributed by atoms with Crippen molar-refractivity contribution < 1.29 is 9.90 Å². The van der Waals surface area contributed by atoms with Gasteiger partial charge in [0.05, 0.1) is 21.2 Å². The molecule has 2 heterocycles. The fraction of sp³-hybridized carbons (Fsp3) is 0.286. The Kier molecular flexibility index (Phi) is 5.02. The first kappa shape index (κ1) is 18.2. The third-order valence-electron chi connectivity index (χ3n) is 5.15. The summed E-state index contributed by atoms with van der Waals surface area (Å²) in [7, 11) is 0. The van der Waals surface area contributed by atoms with E-state index in [1.165, 1.54) is 0 Å². The van der Waals surface area contributed by atoms with Gasteiger partial charge in [0, 0.05) is 25.0 Å². The molecular weight excluding hydrogens is 383 g/mol. The summed E-state index contributed by atoms with van der Waals surface area (Å²) in [6.45, 7) is 2.12. The second kappa shape index (κ2) is 7.45. The molecule has 0 unspecified atom stereocenters. The summed E-state index contributed by atoms with van der Waals surface area (Å²) >= 11 is 12.9. The lowest BCUT2D eigenvalue weighted by Crippen LogP contribution is -2.31. The fourth-order valence-electron chi connectivity index (χ4n) is 3.93. The number of aromatic nitrogens is 1. The van der Waals surface area contributed by atoms with Crippen LogP contribution in [-0.4, -0.2) is 28.7 Å². The molecule has 0 atom stereocenters. The van der Waals surface area contributed by atoms with Crippen molar-refractivity contribution in [3.8, 4) is 0 Å². The van der Waals surface area contributed by atoms with Crippen LogP contribution in [0.3, 0.4) is 0 Å². The number of hydrogen-bond acceptors (Lipinski definition) is 2. The van der Waals surface area contributed by atoms with Gasteiger partial charge >= 0.3 is 5.97 Å². The van der Waals surface area contributed by atoms with E-state index in [9.17, 15) is 9.90 Å². The van der Waals surface area contributed by atoms with Gasteiger partial charge in [-0.1, -0.05) is 53.5 Å². The van der Waals surface area contributed by atoms with Crippen LogP contribution in [-0.2, 0) is 6.54 Å². The second-order valence-electron chi connectivity index (χ2n) is 6.88. The zero-order valence-electron chi connectivity index (χ0n) is 14.8. The van der Waals surface area contributed by atoms with Crippen molar-refractivity contribution in [2.75, 3.05) is 18.0 Å². The molecule has 1 saturated heterocycles. The van der Waals surface area contributed by atoms with Gasteiger partial charge in [-0.15, -0.1) is 0 Å². The van der Waals surface area contributed by atoms with Gasteiger partial charge in [-0.25, -0.2) is 4.79 Å². The van der Waals surface area contributed by atoms with E-state index in [4.69, 9.17) is 23.2 Å². The van der Waals surface area contributed by atoms with Crippen LogP contribution < -0.4 is 4.90 Å². The summed E-state index contributed by atoms with van der Waals surface area (Å²) in [5.74, 6) is -0.949. The van der Waals surface area contributed by atoms with Crippen LogP contribution in [0.4, 0.5) is 5.69 Å². The molecule has 0 aliphatic carbocycles. The molecule has 6 heteroatoms. The van der Waals surface area contributed by atoms with Crippen molar-refractivity contribution in [1.82, 2.24) is 4.57 Å². The number of fused-ring (bicyclic) bond motifs is 1. The predicted octanol–water partition coefficient (Wildman–Crippen LogP) is 5.68. The van der Waals surface area contributed by atoms with Gasteiger partial charge in [0.1, 0.15) is 0 Å². The molecule has 1 aromatic heterocycles. The Bertz CT molecular complexity index is 993. The molecule has 1 N–H and O–H groups in total. The predicted molar refractivity (Wildman–Crippen MR) is 111 cm³/mol. The highest BCUT2D eigenvalue weighted by Gasteiger charge is 2.29. The minimum Gasteiger partial charge on any atom is -0.477 e. The van der Waals surface area contributed by atoms with E-state index < -0.39 is 5.97 Å². The number of carboxylic acid groups (broad SMARTS) is 1. The van der Waals surface area contributed by atoms with E-state index >= 15 is 0 Å². The fourth-order valence-corrected chi connectivity index (χ4v) is 4.34.